The van der Waals surface area contributed by atoms with E-state index in [4.69, 9.17) is 14.2 Å². The smallest absolute Gasteiger partial charge is 0.240 e. The lowest BCUT2D eigenvalue weighted by Gasteiger charge is -2.30. The second-order valence-corrected chi connectivity index (χ2v) is 10.0. The number of hydrogen-bond donors (Lipinski definition) is 1. The topological polar surface area (TPSA) is 86.2 Å². The van der Waals surface area contributed by atoms with Crippen LogP contribution in [0.3, 0.4) is 0 Å². The van der Waals surface area contributed by atoms with Crippen molar-refractivity contribution < 1.29 is 23.8 Å². The zero-order valence-electron chi connectivity index (χ0n) is 18.1. The van der Waals surface area contributed by atoms with Crippen LogP contribution in [0.4, 0.5) is 0 Å². The molecule has 7 nitrogen and oxygen atoms in total. The molecule has 1 saturated heterocycles. The molecule has 1 aliphatic heterocycles. The Kier molecular flexibility index (Phi) is 10.7. The molecular weight excluding hydrogens is 380 g/mol. The summed E-state index contributed by atoms with van der Waals surface area (Å²) in [4.78, 5) is 29.6. The summed E-state index contributed by atoms with van der Waals surface area (Å²) >= 11 is 1.66. The number of thioether (sulfide) groups is 1. The van der Waals surface area contributed by atoms with Gasteiger partial charge in [-0.15, -0.1) is 11.8 Å². The third-order valence-corrected chi connectivity index (χ3v) is 6.26. The summed E-state index contributed by atoms with van der Waals surface area (Å²) in [7, 11) is 3.19. The number of rotatable bonds is 11. The van der Waals surface area contributed by atoms with Gasteiger partial charge in [0.25, 0.3) is 0 Å². The number of carbonyl (C=O) groups is 2. The number of hydrogen-bond acceptors (Lipinski definition) is 7. The van der Waals surface area contributed by atoms with Gasteiger partial charge in [0.05, 0.1) is 31.0 Å². The van der Waals surface area contributed by atoms with Crippen LogP contribution in [0.5, 0.6) is 0 Å². The average Bonchev–Trinajstić information content (AvgIpc) is 2.64. The maximum Gasteiger partial charge on any atom is 0.240 e. The molecule has 1 rings (SSSR count). The predicted molar refractivity (Wildman–Crippen MR) is 113 cm³/mol. The third-order valence-electron chi connectivity index (χ3n) is 4.68. The van der Waals surface area contributed by atoms with E-state index in [0.717, 1.165) is 26.1 Å². The van der Waals surface area contributed by atoms with E-state index < -0.39 is 10.2 Å². The van der Waals surface area contributed by atoms with Gasteiger partial charge in [-0.3, -0.25) is 14.6 Å². The predicted octanol–water partition coefficient (Wildman–Crippen LogP) is 2.47. The molecule has 8 heteroatoms. The molecule has 1 amide bonds. The number of carbonyl (C=O) groups excluding carboxylic acids is 2. The Morgan fingerprint density at radius 2 is 1.82 bits per heavy atom. The molecule has 0 spiro atoms. The molecule has 0 unspecified atom stereocenters. The van der Waals surface area contributed by atoms with Crippen LogP contribution in [0.2, 0.25) is 0 Å². The van der Waals surface area contributed by atoms with Crippen molar-refractivity contribution in [1.82, 2.24) is 5.32 Å². The first kappa shape index (κ1) is 25.1. The fourth-order valence-electron chi connectivity index (χ4n) is 2.67. The van der Waals surface area contributed by atoms with Crippen molar-refractivity contribution in [2.75, 3.05) is 47.2 Å². The normalized spacial score (nSPS) is 16.9. The summed E-state index contributed by atoms with van der Waals surface area (Å²) in [6, 6.07) is 0. The molecule has 0 aromatic rings. The quantitative estimate of drug-likeness (QED) is 0.316. The third kappa shape index (κ3) is 8.59. The second-order valence-electron chi connectivity index (χ2n) is 8.09. The van der Waals surface area contributed by atoms with Crippen LogP contribution in [0.15, 0.2) is 4.99 Å². The lowest BCUT2D eigenvalue weighted by molar-refractivity contribution is -0.129. The minimum absolute atomic E-state index is 0.0271. The standard InChI is InChI=1S/C20H36N2O5S/c1-19(2,14-27-12-11-25-6)16(23)13-17(21-5)22-18(24)20(3,4)28-15-7-9-26-10-8-15/h15H,7-14H2,1-6H3,(H,21,22,24). The largest absolute Gasteiger partial charge is 0.382 e. The van der Waals surface area contributed by atoms with Gasteiger partial charge < -0.3 is 19.5 Å². The lowest BCUT2D eigenvalue weighted by Crippen LogP contribution is -2.45. The first-order valence-corrected chi connectivity index (χ1v) is 10.6. The monoisotopic (exact) mass is 416 g/mol. The maximum atomic E-state index is 12.8. The number of Topliss-reactive ketones (excluding diaryl/α,β-unsaturated/α-hetero) is 1. The Bertz CT molecular complexity index is 543. The summed E-state index contributed by atoms with van der Waals surface area (Å²) in [6.07, 6.45) is 1.97. The highest BCUT2D eigenvalue weighted by molar-refractivity contribution is 8.01. The molecule has 0 aromatic carbocycles. The van der Waals surface area contributed by atoms with Crippen LogP contribution in [-0.4, -0.2) is 74.7 Å². The average molecular weight is 417 g/mol. The Morgan fingerprint density at radius 1 is 1.18 bits per heavy atom. The zero-order chi connectivity index (χ0) is 21.2. The number of aliphatic imine (C=N–C) groups is 1. The van der Waals surface area contributed by atoms with Gasteiger partial charge in [-0.2, -0.15) is 0 Å². The Labute approximate surface area is 173 Å². The summed E-state index contributed by atoms with van der Waals surface area (Å²) < 4.78 is 15.2. The molecule has 1 heterocycles. The van der Waals surface area contributed by atoms with Gasteiger partial charge in [0.2, 0.25) is 5.91 Å². The summed E-state index contributed by atoms with van der Waals surface area (Å²) in [5.41, 5.74) is -0.666. The van der Waals surface area contributed by atoms with E-state index in [2.05, 4.69) is 10.3 Å². The van der Waals surface area contributed by atoms with E-state index >= 15 is 0 Å². The maximum absolute atomic E-state index is 12.8. The molecule has 0 atom stereocenters. The summed E-state index contributed by atoms with van der Waals surface area (Å²) in [6.45, 7) is 10.2. The molecule has 162 valence electrons. The number of ketones is 1. The highest BCUT2D eigenvalue weighted by Crippen LogP contribution is 2.34. The van der Waals surface area contributed by atoms with E-state index in [0.29, 0.717) is 30.9 Å². The van der Waals surface area contributed by atoms with Gasteiger partial charge in [0.15, 0.2) is 0 Å². The van der Waals surface area contributed by atoms with Crippen LogP contribution in [0.25, 0.3) is 0 Å². The molecule has 0 aromatic heterocycles. The van der Waals surface area contributed by atoms with Crippen molar-refractivity contribution in [3.8, 4) is 0 Å². The van der Waals surface area contributed by atoms with Crippen molar-refractivity contribution in [3.05, 3.63) is 0 Å². The number of amidine groups is 1. The molecule has 1 aliphatic rings. The van der Waals surface area contributed by atoms with Gasteiger partial charge in [0, 0.05) is 38.0 Å². The van der Waals surface area contributed by atoms with Crippen LogP contribution in [-0.2, 0) is 23.8 Å². The van der Waals surface area contributed by atoms with Crippen LogP contribution >= 0.6 is 11.8 Å². The van der Waals surface area contributed by atoms with Crippen molar-refractivity contribution in [3.63, 3.8) is 0 Å². The van der Waals surface area contributed by atoms with E-state index in [1.165, 1.54) is 0 Å². The number of methoxy groups -OCH3 is 1. The fourth-order valence-corrected chi connectivity index (χ4v) is 4.09. The molecule has 0 bridgehead atoms. The Balaban J connectivity index is 2.57. The van der Waals surface area contributed by atoms with Crippen LogP contribution in [0.1, 0.15) is 47.0 Å². The summed E-state index contributed by atoms with van der Waals surface area (Å²) in [5.74, 6) is 0.230. The number of amides is 1. The number of ether oxygens (including phenoxy) is 3. The van der Waals surface area contributed by atoms with E-state index in [1.807, 2.05) is 27.7 Å². The van der Waals surface area contributed by atoms with Crippen molar-refractivity contribution >= 4 is 29.3 Å². The molecule has 0 aliphatic carbocycles. The second kappa shape index (κ2) is 11.9. The number of nitrogens with one attached hydrogen (secondary N) is 1. The van der Waals surface area contributed by atoms with Crippen LogP contribution < -0.4 is 5.32 Å². The first-order valence-electron chi connectivity index (χ1n) is 9.75. The van der Waals surface area contributed by atoms with Crippen molar-refractivity contribution in [2.45, 2.75) is 57.0 Å². The summed E-state index contributed by atoms with van der Waals surface area (Å²) in [5, 5.41) is 3.26. The molecule has 1 N–H and O–H groups in total. The van der Waals surface area contributed by atoms with Crippen LogP contribution in [0, 0.1) is 5.41 Å². The highest BCUT2D eigenvalue weighted by atomic mass is 32.2. The van der Waals surface area contributed by atoms with Crippen molar-refractivity contribution in [1.29, 1.82) is 0 Å². The molecule has 28 heavy (non-hydrogen) atoms. The highest BCUT2D eigenvalue weighted by Gasteiger charge is 2.34. The molecule has 0 radical (unpaired) electrons. The van der Waals surface area contributed by atoms with Gasteiger partial charge >= 0.3 is 0 Å². The van der Waals surface area contributed by atoms with Gasteiger partial charge in [0.1, 0.15) is 11.6 Å². The molecule has 0 saturated carbocycles. The van der Waals surface area contributed by atoms with Gasteiger partial charge in [-0.25, -0.2) is 0 Å². The Morgan fingerprint density at radius 3 is 2.39 bits per heavy atom. The number of nitrogens with zero attached hydrogens (tertiary/aromatic N) is 1. The van der Waals surface area contributed by atoms with Crippen molar-refractivity contribution in [2.24, 2.45) is 10.4 Å². The molecule has 1 fully saturated rings. The Hall–Kier alpha value is -0.960. The van der Waals surface area contributed by atoms with Gasteiger partial charge in [-0.1, -0.05) is 13.8 Å². The van der Waals surface area contributed by atoms with Gasteiger partial charge in [-0.05, 0) is 26.7 Å². The minimum atomic E-state index is -0.666. The van der Waals surface area contributed by atoms with E-state index in [1.54, 1.807) is 25.9 Å². The minimum Gasteiger partial charge on any atom is -0.382 e. The lowest BCUT2D eigenvalue weighted by atomic mass is 9.87. The van der Waals surface area contributed by atoms with E-state index in [9.17, 15) is 9.59 Å². The SMILES string of the molecule is CN=C(CC(=O)C(C)(C)COCCOC)NC(=O)C(C)(C)SC1CCOCC1. The van der Waals surface area contributed by atoms with E-state index in [-0.39, 0.29) is 18.1 Å². The first-order chi connectivity index (χ1) is 13.1. The molecular formula is C20H36N2O5S. The zero-order valence-corrected chi connectivity index (χ0v) is 18.9. The fraction of sp³-hybridized carbons (Fsp3) is 0.850.